The number of rotatable bonds is 2. The zero-order valence-electron chi connectivity index (χ0n) is 11.7. The van der Waals surface area contributed by atoms with Crippen LogP contribution in [-0.4, -0.2) is 26.4 Å². The lowest BCUT2D eigenvalue weighted by atomic mass is 10.2. The fourth-order valence-corrected chi connectivity index (χ4v) is 2.77. The number of carbonyl (C=O) groups is 1. The summed E-state index contributed by atoms with van der Waals surface area (Å²) in [5.41, 5.74) is 0.931. The molecule has 1 aliphatic rings. The molecule has 0 bridgehead atoms. The minimum absolute atomic E-state index is 0.0238. The maximum absolute atomic E-state index is 12.0. The summed E-state index contributed by atoms with van der Waals surface area (Å²) in [6, 6.07) is 10.8. The molecule has 1 amide bonds. The first-order valence-electron chi connectivity index (χ1n) is 6.62. The first-order chi connectivity index (χ1) is 11.0. The van der Waals surface area contributed by atoms with E-state index in [1.807, 2.05) is 0 Å². The molecule has 1 saturated heterocycles. The van der Waals surface area contributed by atoms with Crippen LogP contribution < -0.4 is 5.32 Å². The van der Waals surface area contributed by atoms with Crippen molar-refractivity contribution in [2.24, 2.45) is 4.99 Å². The lowest BCUT2D eigenvalue weighted by molar-refractivity contribution is -0.115. The first kappa shape index (κ1) is 15.0. The minimum Gasteiger partial charge on any atom is -0.506 e. The fraction of sp³-hybridized carbons (Fsp3) is 0. The highest BCUT2D eigenvalue weighted by atomic mass is 32.2. The van der Waals surface area contributed by atoms with Crippen molar-refractivity contribution in [3.63, 3.8) is 0 Å². The summed E-state index contributed by atoms with van der Waals surface area (Å²) >= 11 is 1.12. The molecule has 1 fully saturated rings. The van der Waals surface area contributed by atoms with E-state index in [1.54, 1.807) is 30.3 Å². The van der Waals surface area contributed by atoms with Crippen molar-refractivity contribution in [3.05, 3.63) is 52.9 Å². The average Bonchev–Trinajstić information content (AvgIpc) is 2.85. The van der Waals surface area contributed by atoms with Crippen molar-refractivity contribution in [1.82, 2.24) is 5.32 Å². The van der Waals surface area contributed by atoms with Gasteiger partial charge in [-0.15, -0.1) is 0 Å². The average molecular weight is 328 g/mol. The number of carbonyl (C=O) groups excluding carboxylic acids is 1. The molecule has 7 heteroatoms. The van der Waals surface area contributed by atoms with E-state index < -0.39 is 0 Å². The van der Waals surface area contributed by atoms with Gasteiger partial charge in [0.2, 0.25) is 0 Å². The third kappa shape index (κ3) is 3.29. The van der Waals surface area contributed by atoms with E-state index in [9.17, 15) is 20.1 Å². The van der Waals surface area contributed by atoms with Gasteiger partial charge in [-0.2, -0.15) is 0 Å². The van der Waals surface area contributed by atoms with Crippen LogP contribution in [-0.2, 0) is 4.79 Å². The number of aliphatic imine (C=N–C) groups is 1. The molecule has 0 saturated carbocycles. The molecule has 6 nitrogen and oxygen atoms in total. The van der Waals surface area contributed by atoms with E-state index >= 15 is 0 Å². The number of amidine groups is 1. The molecule has 1 heterocycles. The van der Waals surface area contributed by atoms with Gasteiger partial charge in [0.25, 0.3) is 5.91 Å². The second-order valence-corrected chi connectivity index (χ2v) is 5.75. The van der Waals surface area contributed by atoms with Crippen LogP contribution in [0, 0.1) is 0 Å². The topological polar surface area (TPSA) is 102 Å². The Labute approximate surface area is 135 Å². The third-order valence-electron chi connectivity index (χ3n) is 3.05. The summed E-state index contributed by atoms with van der Waals surface area (Å²) in [5, 5.41) is 31.4. The lowest BCUT2D eigenvalue weighted by Crippen LogP contribution is -2.19. The molecule has 0 aliphatic carbocycles. The summed E-state index contributed by atoms with van der Waals surface area (Å²) in [4.78, 5) is 16.6. The molecule has 0 unspecified atom stereocenters. The highest BCUT2D eigenvalue weighted by Crippen LogP contribution is 2.32. The van der Waals surface area contributed by atoms with Gasteiger partial charge >= 0.3 is 0 Å². The van der Waals surface area contributed by atoms with Crippen LogP contribution in [0.4, 0.5) is 5.69 Å². The normalized spacial score (nSPS) is 17.7. The molecule has 2 aromatic rings. The zero-order valence-corrected chi connectivity index (χ0v) is 12.5. The monoisotopic (exact) mass is 328 g/mol. The number of nitrogens with one attached hydrogen (secondary N) is 1. The Morgan fingerprint density at radius 3 is 2.52 bits per heavy atom. The predicted molar refractivity (Wildman–Crippen MR) is 88.7 cm³/mol. The third-order valence-corrected chi connectivity index (χ3v) is 3.96. The smallest absolute Gasteiger partial charge is 0.264 e. The van der Waals surface area contributed by atoms with E-state index in [-0.39, 0.29) is 23.2 Å². The van der Waals surface area contributed by atoms with Gasteiger partial charge < -0.3 is 20.6 Å². The van der Waals surface area contributed by atoms with E-state index in [4.69, 9.17) is 0 Å². The van der Waals surface area contributed by atoms with Crippen molar-refractivity contribution < 1.29 is 20.1 Å². The summed E-state index contributed by atoms with van der Waals surface area (Å²) in [6.45, 7) is 0. The second-order valence-electron chi connectivity index (χ2n) is 4.72. The standard InChI is InChI=1S/C16H12N2O4S/c19-11-4-2-1-3-10(11)17-16-18-15(22)14(23-16)8-9-5-6-12(20)13(21)7-9/h1-8,19-21H,(H,17,18,22). The number of thioether (sulfide) groups is 1. The number of hydrogen-bond acceptors (Lipinski definition) is 6. The zero-order chi connectivity index (χ0) is 16.4. The van der Waals surface area contributed by atoms with Gasteiger partial charge in [-0.25, -0.2) is 4.99 Å². The van der Waals surface area contributed by atoms with E-state index in [2.05, 4.69) is 10.3 Å². The summed E-state index contributed by atoms with van der Waals surface area (Å²) in [6.07, 6.45) is 1.58. The number of aromatic hydroxyl groups is 3. The summed E-state index contributed by atoms with van der Waals surface area (Å²) in [5.74, 6) is -0.782. The molecule has 3 rings (SSSR count). The Morgan fingerprint density at radius 1 is 1.00 bits per heavy atom. The fourth-order valence-electron chi connectivity index (χ4n) is 1.93. The van der Waals surface area contributed by atoms with E-state index in [0.717, 1.165) is 11.8 Å². The van der Waals surface area contributed by atoms with Gasteiger partial charge in [-0.3, -0.25) is 4.79 Å². The van der Waals surface area contributed by atoms with Crippen LogP contribution in [0.1, 0.15) is 5.56 Å². The number of nitrogens with zero attached hydrogens (tertiary/aromatic N) is 1. The second kappa shape index (κ2) is 6.05. The van der Waals surface area contributed by atoms with Gasteiger partial charge in [0, 0.05) is 0 Å². The van der Waals surface area contributed by atoms with E-state index in [0.29, 0.717) is 21.3 Å². The van der Waals surface area contributed by atoms with Gasteiger partial charge in [-0.1, -0.05) is 18.2 Å². The van der Waals surface area contributed by atoms with Crippen LogP contribution in [0.25, 0.3) is 6.08 Å². The van der Waals surface area contributed by atoms with Gasteiger partial charge in [0.15, 0.2) is 16.7 Å². The first-order valence-corrected chi connectivity index (χ1v) is 7.44. The summed E-state index contributed by atoms with van der Waals surface area (Å²) in [7, 11) is 0. The molecule has 0 radical (unpaired) electrons. The van der Waals surface area contributed by atoms with Crippen molar-refractivity contribution in [3.8, 4) is 17.2 Å². The molecule has 23 heavy (non-hydrogen) atoms. The van der Waals surface area contributed by atoms with Crippen LogP contribution in [0.3, 0.4) is 0 Å². The Bertz CT molecular complexity index is 846. The Morgan fingerprint density at radius 2 is 1.78 bits per heavy atom. The minimum atomic E-state index is -0.322. The molecular weight excluding hydrogens is 316 g/mol. The predicted octanol–water partition coefficient (Wildman–Crippen LogP) is 2.70. The number of phenolic OH excluding ortho intramolecular Hbond substituents is 3. The maximum atomic E-state index is 12.0. The summed E-state index contributed by atoms with van der Waals surface area (Å²) < 4.78 is 0. The maximum Gasteiger partial charge on any atom is 0.264 e. The Balaban J connectivity index is 1.86. The number of para-hydroxylation sites is 2. The van der Waals surface area contributed by atoms with Crippen LogP contribution in [0.15, 0.2) is 52.4 Å². The van der Waals surface area contributed by atoms with Crippen molar-refractivity contribution >= 4 is 34.6 Å². The van der Waals surface area contributed by atoms with Gasteiger partial charge in [-0.05, 0) is 47.7 Å². The van der Waals surface area contributed by atoms with Crippen LogP contribution in [0.2, 0.25) is 0 Å². The van der Waals surface area contributed by atoms with Crippen LogP contribution >= 0.6 is 11.8 Å². The number of amides is 1. The molecule has 0 atom stereocenters. The van der Waals surface area contributed by atoms with Crippen molar-refractivity contribution in [2.45, 2.75) is 0 Å². The number of benzene rings is 2. The molecule has 116 valence electrons. The Kier molecular flexibility index (Phi) is 3.94. The number of hydrogen-bond donors (Lipinski definition) is 4. The molecule has 0 spiro atoms. The molecule has 0 aromatic heterocycles. The molecular formula is C16H12N2O4S. The molecule has 2 aromatic carbocycles. The lowest BCUT2D eigenvalue weighted by Gasteiger charge is -1.99. The highest BCUT2D eigenvalue weighted by molar-refractivity contribution is 8.18. The quantitative estimate of drug-likeness (QED) is 0.501. The largest absolute Gasteiger partial charge is 0.506 e. The Hall–Kier alpha value is -2.93. The van der Waals surface area contributed by atoms with Crippen LogP contribution in [0.5, 0.6) is 17.2 Å². The SMILES string of the molecule is O=C1NC(=Nc2ccccc2O)SC1=Cc1ccc(O)c(O)c1. The van der Waals surface area contributed by atoms with Crippen molar-refractivity contribution in [1.29, 1.82) is 0 Å². The number of phenols is 3. The molecule has 1 aliphatic heterocycles. The molecule has 4 N–H and O–H groups in total. The van der Waals surface area contributed by atoms with E-state index in [1.165, 1.54) is 18.2 Å². The van der Waals surface area contributed by atoms with Crippen molar-refractivity contribution in [2.75, 3.05) is 0 Å². The van der Waals surface area contributed by atoms with Gasteiger partial charge in [0.1, 0.15) is 11.4 Å². The van der Waals surface area contributed by atoms with Gasteiger partial charge in [0.05, 0.1) is 4.91 Å². The highest BCUT2D eigenvalue weighted by Gasteiger charge is 2.24.